The molecule has 0 unspecified atom stereocenters. The Morgan fingerprint density at radius 3 is 2.85 bits per heavy atom. The summed E-state index contributed by atoms with van der Waals surface area (Å²) in [6, 6.07) is 5.98. The first-order valence-electron chi connectivity index (χ1n) is 9.22. The number of amides is 1. The highest BCUT2D eigenvalue weighted by Gasteiger charge is 2.18. The number of nitrogens with zero attached hydrogens (tertiary/aromatic N) is 1. The number of anilines is 1. The van der Waals surface area contributed by atoms with Gasteiger partial charge in [-0.25, -0.2) is 4.98 Å². The summed E-state index contributed by atoms with van der Waals surface area (Å²) in [6.45, 7) is 8.49. The molecule has 2 N–H and O–H groups in total. The van der Waals surface area contributed by atoms with Gasteiger partial charge in [-0.3, -0.25) is 10.1 Å². The summed E-state index contributed by atoms with van der Waals surface area (Å²) >= 11 is 1.57. The van der Waals surface area contributed by atoms with Crippen LogP contribution in [0, 0.1) is 6.92 Å². The fourth-order valence-corrected chi connectivity index (χ4v) is 4.33. The van der Waals surface area contributed by atoms with Crippen molar-refractivity contribution < 1.29 is 9.53 Å². The van der Waals surface area contributed by atoms with Crippen LogP contribution >= 0.6 is 11.3 Å². The van der Waals surface area contributed by atoms with E-state index in [9.17, 15) is 4.79 Å². The molecule has 26 heavy (non-hydrogen) atoms. The zero-order valence-corrected chi connectivity index (χ0v) is 16.5. The molecule has 1 aliphatic rings. The number of hydrogen-bond acceptors (Lipinski definition) is 5. The number of benzene rings is 1. The maximum absolute atomic E-state index is 12.2. The van der Waals surface area contributed by atoms with Gasteiger partial charge < -0.3 is 10.1 Å². The van der Waals surface area contributed by atoms with E-state index in [2.05, 4.69) is 42.5 Å². The summed E-state index contributed by atoms with van der Waals surface area (Å²) < 4.78 is 5.64. The number of nitrogens with one attached hydrogen (secondary N) is 2. The van der Waals surface area contributed by atoms with Crippen LogP contribution in [0.3, 0.4) is 0 Å². The molecule has 0 saturated carbocycles. The van der Waals surface area contributed by atoms with Crippen molar-refractivity contribution in [2.24, 2.45) is 0 Å². The predicted molar refractivity (Wildman–Crippen MR) is 106 cm³/mol. The van der Waals surface area contributed by atoms with Crippen molar-refractivity contribution in [2.45, 2.75) is 45.4 Å². The van der Waals surface area contributed by atoms with Crippen LogP contribution in [0.1, 0.15) is 54.5 Å². The fraction of sp³-hybridized carbons (Fsp3) is 0.500. The van der Waals surface area contributed by atoms with Gasteiger partial charge >= 0.3 is 0 Å². The van der Waals surface area contributed by atoms with Crippen LogP contribution in [0.5, 0.6) is 5.75 Å². The van der Waals surface area contributed by atoms with Gasteiger partial charge in [0, 0.05) is 11.1 Å². The maximum Gasteiger partial charge on any atom is 0.264 e. The number of ether oxygens (including phenoxy) is 1. The summed E-state index contributed by atoms with van der Waals surface area (Å²) in [5.41, 5.74) is 2.49. The Morgan fingerprint density at radius 2 is 2.15 bits per heavy atom. The third-order valence-corrected chi connectivity index (χ3v) is 5.82. The van der Waals surface area contributed by atoms with E-state index in [0.717, 1.165) is 31.7 Å². The molecule has 3 rings (SSSR count). The minimum Gasteiger partial charge on any atom is -0.484 e. The van der Waals surface area contributed by atoms with Gasteiger partial charge in [0.2, 0.25) is 0 Å². The third kappa shape index (κ3) is 4.83. The van der Waals surface area contributed by atoms with E-state index in [1.54, 1.807) is 11.3 Å². The number of rotatable bonds is 6. The number of thiazole rings is 1. The van der Waals surface area contributed by atoms with Gasteiger partial charge in [-0.05, 0) is 68.0 Å². The molecule has 2 heterocycles. The molecule has 5 nitrogen and oxygen atoms in total. The first kappa shape index (κ1) is 18.9. The highest BCUT2D eigenvalue weighted by Crippen LogP contribution is 2.31. The first-order valence-corrected chi connectivity index (χ1v) is 10.0. The lowest BCUT2D eigenvalue weighted by molar-refractivity contribution is -0.118. The van der Waals surface area contributed by atoms with Crippen molar-refractivity contribution in [3.05, 3.63) is 40.4 Å². The predicted octanol–water partition coefficient (Wildman–Crippen LogP) is 4.06. The van der Waals surface area contributed by atoms with Crippen molar-refractivity contribution in [3.8, 4) is 5.75 Å². The molecule has 2 aromatic rings. The topological polar surface area (TPSA) is 63.2 Å². The molecular formula is C20H27N3O2S. The molecule has 0 atom stereocenters. The highest BCUT2D eigenvalue weighted by molar-refractivity contribution is 7.15. The molecule has 0 radical (unpaired) electrons. The van der Waals surface area contributed by atoms with Crippen LogP contribution in [0.25, 0.3) is 0 Å². The van der Waals surface area contributed by atoms with Crippen LogP contribution < -0.4 is 15.4 Å². The molecule has 0 bridgehead atoms. The Hall–Kier alpha value is -1.92. The molecule has 1 aliphatic heterocycles. The smallest absolute Gasteiger partial charge is 0.264 e. The largest absolute Gasteiger partial charge is 0.484 e. The maximum atomic E-state index is 12.2. The minimum absolute atomic E-state index is 0.0112. The molecule has 0 spiro atoms. The second-order valence-electron chi connectivity index (χ2n) is 7.10. The minimum atomic E-state index is -0.179. The van der Waals surface area contributed by atoms with Gasteiger partial charge in [-0.2, -0.15) is 0 Å². The number of aromatic nitrogens is 1. The van der Waals surface area contributed by atoms with Crippen molar-refractivity contribution >= 4 is 22.4 Å². The van der Waals surface area contributed by atoms with E-state index in [0.29, 0.717) is 17.0 Å². The SMILES string of the molecule is Cc1cc(OCC(=O)Nc2ncc(C3CCNCC3)s2)ccc1C(C)C. The number of carbonyl (C=O) groups excluding carboxylic acids is 1. The molecule has 6 heteroatoms. The Bertz CT molecular complexity index is 751. The number of aryl methyl sites for hydroxylation is 1. The van der Waals surface area contributed by atoms with Crippen LogP contribution in [0.4, 0.5) is 5.13 Å². The van der Waals surface area contributed by atoms with E-state index >= 15 is 0 Å². The number of piperidine rings is 1. The Morgan fingerprint density at radius 1 is 1.38 bits per heavy atom. The summed E-state index contributed by atoms with van der Waals surface area (Å²) in [4.78, 5) is 17.7. The number of hydrogen-bond donors (Lipinski definition) is 2. The van der Waals surface area contributed by atoms with Crippen LogP contribution in [-0.4, -0.2) is 30.6 Å². The zero-order valence-electron chi connectivity index (χ0n) is 15.7. The Balaban J connectivity index is 1.51. The quantitative estimate of drug-likeness (QED) is 0.801. The van der Waals surface area contributed by atoms with Crippen molar-refractivity contribution in [1.29, 1.82) is 0 Å². The molecule has 1 saturated heterocycles. The van der Waals surface area contributed by atoms with Gasteiger partial charge in [0.05, 0.1) is 0 Å². The molecule has 140 valence electrons. The van der Waals surface area contributed by atoms with E-state index < -0.39 is 0 Å². The second kappa shape index (κ2) is 8.64. The highest BCUT2D eigenvalue weighted by atomic mass is 32.1. The summed E-state index contributed by atoms with van der Waals surface area (Å²) in [7, 11) is 0. The Labute approximate surface area is 159 Å². The van der Waals surface area contributed by atoms with E-state index in [1.165, 1.54) is 16.0 Å². The van der Waals surface area contributed by atoms with Crippen LogP contribution in [0.2, 0.25) is 0 Å². The van der Waals surface area contributed by atoms with E-state index in [-0.39, 0.29) is 12.5 Å². The molecule has 1 aromatic carbocycles. The lowest BCUT2D eigenvalue weighted by atomic mass is 9.97. The number of carbonyl (C=O) groups is 1. The normalized spacial score (nSPS) is 15.2. The van der Waals surface area contributed by atoms with Crippen LogP contribution in [-0.2, 0) is 4.79 Å². The van der Waals surface area contributed by atoms with Crippen molar-refractivity contribution in [3.63, 3.8) is 0 Å². The molecule has 1 fully saturated rings. The summed E-state index contributed by atoms with van der Waals surface area (Å²) in [5.74, 6) is 1.57. The molecule has 1 aromatic heterocycles. The van der Waals surface area contributed by atoms with E-state index in [1.807, 2.05) is 18.3 Å². The van der Waals surface area contributed by atoms with Crippen molar-refractivity contribution in [2.75, 3.05) is 25.0 Å². The van der Waals surface area contributed by atoms with Crippen molar-refractivity contribution in [1.82, 2.24) is 10.3 Å². The lowest BCUT2D eigenvalue weighted by Gasteiger charge is -2.20. The average Bonchev–Trinajstić information content (AvgIpc) is 3.09. The van der Waals surface area contributed by atoms with Gasteiger partial charge in [0.25, 0.3) is 5.91 Å². The van der Waals surface area contributed by atoms with Gasteiger partial charge in [0.15, 0.2) is 11.7 Å². The summed E-state index contributed by atoms with van der Waals surface area (Å²) in [6.07, 6.45) is 4.15. The molecule has 0 aliphatic carbocycles. The van der Waals surface area contributed by atoms with Gasteiger partial charge in [-0.15, -0.1) is 11.3 Å². The average molecular weight is 374 g/mol. The standard InChI is InChI=1S/C20H27N3O2S/c1-13(2)17-5-4-16(10-14(17)3)25-12-19(24)23-20-22-11-18(26-20)15-6-8-21-9-7-15/h4-5,10-11,13,15,21H,6-9,12H2,1-3H3,(H,22,23,24). The first-order chi connectivity index (χ1) is 12.5. The fourth-order valence-electron chi connectivity index (χ4n) is 3.33. The van der Waals surface area contributed by atoms with E-state index in [4.69, 9.17) is 4.74 Å². The zero-order chi connectivity index (χ0) is 18.5. The second-order valence-corrected chi connectivity index (χ2v) is 8.16. The van der Waals surface area contributed by atoms with Gasteiger partial charge in [0.1, 0.15) is 5.75 Å². The molecule has 1 amide bonds. The third-order valence-electron chi connectivity index (χ3n) is 4.74. The van der Waals surface area contributed by atoms with Gasteiger partial charge in [-0.1, -0.05) is 19.9 Å². The monoisotopic (exact) mass is 373 g/mol. The van der Waals surface area contributed by atoms with Crippen LogP contribution in [0.15, 0.2) is 24.4 Å². The molecular weight excluding hydrogens is 346 g/mol. The lowest BCUT2D eigenvalue weighted by Crippen LogP contribution is -2.26. The summed E-state index contributed by atoms with van der Waals surface area (Å²) in [5, 5.41) is 6.86. The Kier molecular flexibility index (Phi) is 6.27.